The standard InChI is InChI=1S/C26H24Br2O5/c27-19-11-13-21(25(19)32-23(29)15-17-7-3-1-4-8-17)31-22-14-12-20(28)26(22)33-24(30)16-18-9-5-2-6-10-18/h1-10,19-20H,11-16H2. The zero-order valence-electron chi connectivity index (χ0n) is 18.0. The van der Waals surface area contributed by atoms with Gasteiger partial charge in [0, 0.05) is 12.8 Å². The Hall–Kier alpha value is -2.38. The zero-order chi connectivity index (χ0) is 23.2. The first-order valence-electron chi connectivity index (χ1n) is 10.9. The SMILES string of the molecule is O=C(Cc1ccccc1)OC1=C(OC2=C(OC(=O)Cc3ccccc3)C(Br)CC2)CCC1Br. The number of ether oxygens (including phenoxy) is 3. The highest BCUT2D eigenvalue weighted by Gasteiger charge is 2.34. The third-order valence-corrected chi connectivity index (χ3v) is 7.19. The van der Waals surface area contributed by atoms with Gasteiger partial charge in [0.05, 0.1) is 22.5 Å². The summed E-state index contributed by atoms with van der Waals surface area (Å²) in [5, 5.41) is 0. The van der Waals surface area contributed by atoms with Crippen molar-refractivity contribution in [1.29, 1.82) is 0 Å². The highest BCUT2D eigenvalue weighted by Crippen LogP contribution is 2.40. The summed E-state index contributed by atoms with van der Waals surface area (Å²) < 4.78 is 17.6. The minimum Gasteiger partial charge on any atom is -0.459 e. The van der Waals surface area contributed by atoms with Gasteiger partial charge < -0.3 is 14.2 Å². The normalized spacial score (nSPS) is 20.2. The molecule has 2 atom stereocenters. The number of hydrogen-bond acceptors (Lipinski definition) is 5. The fourth-order valence-corrected chi connectivity index (χ4v) is 4.96. The lowest BCUT2D eigenvalue weighted by Gasteiger charge is -2.15. The van der Waals surface area contributed by atoms with E-state index in [0.29, 0.717) is 35.9 Å². The van der Waals surface area contributed by atoms with Crippen molar-refractivity contribution >= 4 is 43.8 Å². The summed E-state index contributed by atoms with van der Waals surface area (Å²) >= 11 is 7.17. The Morgan fingerprint density at radius 3 is 1.48 bits per heavy atom. The van der Waals surface area contributed by atoms with Crippen LogP contribution in [0.2, 0.25) is 0 Å². The van der Waals surface area contributed by atoms with E-state index in [0.717, 1.165) is 24.0 Å². The molecule has 0 radical (unpaired) electrons. The van der Waals surface area contributed by atoms with E-state index < -0.39 is 0 Å². The molecular formula is C26H24Br2O5. The first-order chi connectivity index (χ1) is 16.0. The molecular weight excluding hydrogens is 552 g/mol. The first-order valence-corrected chi connectivity index (χ1v) is 12.7. The summed E-state index contributed by atoms with van der Waals surface area (Å²) in [7, 11) is 0. The van der Waals surface area contributed by atoms with Crippen LogP contribution in [0.3, 0.4) is 0 Å². The van der Waals surface area contributed by atoms with Crippen molar-refractivity contribution in [2.45, 2.75) is 48.2 Å². The maximum absolute atomic E-state index is 12.5. The van der Waals surface area contributed by atoms with Crippen LogP contribution in [0, 0.1) is 0 Å². The van der Waals surface area contributed by atoms with Crippen molar-refractivity contribution in [3.05, 3.63) is 94.8 Å². The quantitative estimate of drug-likeness (QED) is 0.281. The minimum atomic E-state index is -0.336. The third kappa shape index (κ3) is 6.36. The number of esters is 2. The molecule has 0 fully saturated rings. The average molecular weight is 576 g/mol. The summed E-state index contributed by atoms with van der Waals surface area (Å²) in [6.07, 6.45) is 3.16. The fraction of sp³-hybridized carbons (Fsp3) is 0.308. The maximum atomic E-state index is 12.5. The van der Waals surface area contributed by atoms with Crippen LogP contribution in [0.25, 0.3) is 0 Å². The van der Waals surface area contributed by atoms with Gasteiger partial charge in [-0.1, -0.05) is 92.5 Å². The number of benzene rings is 2. The smallest absolute Gasteiger partial charge is 0.315 e. The predicted molar refractivity (Wildman–Crippen MR) is 132 cm³/mol. The molecule has 7 heteroatoms. The Labute approximate surface area is 210 Å². The van der Waals surface area contributed by atoms with Crippen molar-refractivity contribution in [3.8, 4) is 0 Å². The highest BCUT2D eigenvalue weighted by molar-refractivity contribution is 9.09. The van der Waals surface area contributed by atoms with Crippen LogP contribution in [0.4, 0.5) is 0 Å². The molecule has 0 saturated heterocycles. The van der Waals surface area contributed by atoms with Gasteiger partial charge in [0.2, 0.25) is 0 Å². The Balaban J connectivity index is 1.45. The van der Waals surface area contributed by atoms with E-state index in [9.17, 15) is 9.59 Å². The molecule has 0 aromatic heterocycles. The molecule has 2 aliphatic carbocycles. The Morgan fingerprint density at radius 1 is 0.697 bits per heavy atom. The van der Waals surface area contributed by atoms with Crippen molar-refractivity contribution < 1.29 is 23.8 Å². The van der Waals surface area contributed by atoms with Gasteiger partial charge in [0.25, 0.3) is 0 Å². The molecule has 2 aliphatic rings. The minimum absolute atomic E-state index is 0.0990. The Bertz CT molecular complexity index is 977. The second kappa shape index (κ2) is 11.2. The van der Waals surface area contributed by atoms with Gasteiger partial charge in [-0.3, -0.25) is 9.59 Å². The molecule has 0 bridgehead atoms. The lowest BCUT2D eigenvalue weighted by atomic mass is 10.2. The van der Waals surface area contributed by atoms with Crippen molar-refractivity contribution in [2.24, 2.45) is 0 Å². The molecule has 2 aromatic carbocycles. The monoisotopic (exact) mass is 574 g/mol. The largest absolute Gasteiger partial charge is 0.459 e. The molecule has 2 aromatic rings. The van der Waals surface area contributed by atoms with Crippen molar-refractivity contribution in [3.63, 3.8) is 0 Å². The number of rotatable bonds is 8. The number of halogens is 2. The molecule has 4 rings (SSSR count). The second-order valence-electron chi connectivity index (χ2n) is 7.96. The molecule has 5 nitrogen and oxygen atoms in total. The van der Waals surface area contributed by atoms with Crippen molar-refractivity contribution in [2.75, 3.05) is 0 Å². The van der Waals surface area contributed by atoms with Crippen LogP contribution in [0.15, 0.2) is 83.7 Å². The molecule has 33 heavy (non-hydrogen) atoms. The summed E-state index contributed by atoms with van der Waals surface area (Å²) in [5.41, 5.74) is 1.78. The van der Waals surface area contributed by atoms with Gasteiger partial charge in [0.1, 0.15) is 11.5 Å². The Morgan fingerprint density at radius 2 is 1.09 bits per heavy atom. The van der Waals surface area contributed by atoms with E-state index in [2.05, 4.69) is 31.9 Å². The van der Waals surface area contributed by atoms with Gasteiger partial charge in [-0.15, -0.1) is 0 Å². The maximum Gasteiger partial charge on any atom is 0.315 e. The molecule has 0 saturated carbocycles. The number of hydrogen-bond donors (Lipinski definition) is 0. The lowest BCUT2D eigenvalue weighted by Crippen LogP contribution is -2.14. The lowest BCUT2D eigenvalue weighted by molar-refractivity contribution is -0.139. The van der Waals surface area contributed by atoms with E-state index in [-0.39, 0.29) is 34.4 Å². The van der Waals surface area contributed by atoms with Crippen LogP contribution in [-0.2, 0) is 36.6 Å². The molecule has 0 heterocycles. The molecule has 2 unspecified atom stereocenters. The van der Waals surface area contributed by atoms with E-state index in [4.69, 9.17) is 14.2 Å². The summed E-state index contributed by atoms with van der Waals surface area (Å²) in [6.45, 7) is 0. The van der Waals surface area contributed by atoms with E-state index in [1.165, 1.54) is 0 Å². The molecule has 172 valence electrons. The first kappa shape index (κ1) is 23.8. The summed E-state index contributed by atoms with van der Waals surface area (Å²) in [5.74, 6) is 1.53. The molecule has 0 spiro atoms. The summed E-state index contributed by atoms with van der Waals surface area (Å²) in [6, 6.07) is 19.0. The Kier molecular flexibility index (Phi) is 8.04. The van der Waals surface area contributed by atoms with Crippen LogP contribution < -0.4 is 0 Å². The van der Waals surface area contributed by atoms with E-state index in [1.54, 1.807) is 0 Å². The van der Waals surface area contributed by atoms with Crippen molar-refractivity contribution in [1.82, 2.24) is 0 Å². The number of carbonyl (C=O) groups excluding carboxylic acids is 2. The number of carbonyl (C=O) groups is 2. The highest BCUT2D eigenvalue weighted by atomic mass is 79.9. The van der Waals surface area contributed by atoms with Gasteiger partial charge in [-0.25, -0.2) is 0 Å². The van der Waals surface area contributed by atoms with Crippen LogP contribution in [0.1, 0.15) is 36.8 Å². The van der Waals surface area contributed by atoms with Crippen LogP contribution in [0.5, 0.6) is 0 Å². The second-order valence-corrected chi connectivity index (χ2v) is 10.2. The van der Waals surface area contributed by atoms with Gasteiger partial charge in [-0.05, 0) is 24.0 Å². The average Bonchev–Trinajstić information content (AvgIpc) is 3.32. The molecule has 0 amide bonds. The topological polar surface area (TPSA) is 61.8 Å². The third-order valence-electron chi connectivity index (χ3n) is 5.44. The molecule has 0 N–H and O–H groups in total. The van der Waals surface area contributed by atoms with E-state index >= 15 is 0 Å². The number of allylic oxidation sites excluding steroid dienone is 4. The predicted octanol–water partition coefficient (Wildman–Crippen LogP) is 6.11. The number of alkyl halides is 2. The summed E-state index contributed by atoms with van der Waals surface area (Å²) in [4.78, 5) is 24.8. The molecule has 0 aliphatic heterocycles. The van der Waals surface area contributed by atoms with E-state index in [1.807, 2.05) is 60.7 Å². The van der Waals surface area contributed by atoms with Crippen LogP contribution in [-0.4, -0.2) is 21.6 Å². The fourth-order valence-electron chi connectivity index (χ4n) is 3.81. The zero-order valence-corrected chi connectivity index (χ0v) is 21.1. The van der Waals surface area contributed by atoms with Crippen LogP contribution >= 0.6 is 31.9 Å². The van der Waals surface area contributed by atoms with Gasteiger partial charge in [-0.2, -0.15) is 0 Å². The van der Waals surface area contributed by atoms with Gasteiger partial charge >= 0.3 is 11.9 Å². The van der Waals surface area contributed by atoms with Gasteiger partial charge in [0.15, 0.2) is 11.5 Å².